The number of ether oxygens (including phenoxy) is 1. The standard InChI is InChI=1S/C12H9FN2O3S/c1-6(16)10-9(12(17)18-2)15-11(19-10)8-7(13)4-3-5-14-8/h3-5H,1-2H3. The van der Waals surface area contributed by atoms with Crippen molar-refractivity contribution in [2.45, 2.75) is 6.92 Å². The van der Waals surface area contributed by atoms with Gasteiger partial charge in [-0.15, -0.1) is 11.3 Å². The van der Waals surface area contributed by atoms with Gasteiger partial charge < -0.3 is 4.74 Å². The molecule has 0 spiro atoms. The van der Waals surface area contributed by atoms with Gasteiger partial charge in [0, 0.05) is 13.1 Å². The quantitative estimate of drug-likeness (QED) is 0.637. The van der Waals surface area contributed by atoms with Crippen molar-refractivity contribution in [1.82, 2.24) is 9.97 Å². The van der Waals surface area contributed by atoms with Crippen molar-refractivity contribution in [3.63, 3.8) is 0 Å². The summed E-state index contributed by atoms with van der Waals surface area (Å²) in [6, 6.07) is 2.68. The summed E-state index contributed by atoms with van der Waals surface area (Å²) in [6.45, 7) is 1.30. The lowest BCUT2D eigenvalue weighted by molar-refractivity contribution is 0.0591. The van der Waals surface area contributed by atoms with E-state index in [9.17, 15) is 14.0 Å². The lowest BCUT2D eigenvalue weighted by atomic mass is 10.3. The number of carbonyl (C=O) groups is 2. The Morgan fingerprint density at radius 2 is 2.16 bits per heavy atom. The number of hydrogen-bond acceptors (Lipinski definition) is 6. The number of rotatable bonds is 3. The van der Waals surface area contributed by atoms with Gasteiger partial charge in [0.05, 0.1) is 7.11 Å². The highest BCUT2D eigenvalue weighted by Gasteiger charge is 2.23. The van der Waals surface area contributed by atoms with Crippen LogP contribution in [0.2, 0.25) is 0 Å². The second-order valence-corrected chi connectivity index (χ2v) is 4.58. The zero-order valence-corrected chi connectivity index (χ0v) is 11.0. The maximum Gasteiger partial charge on any atom is 0.358 e. The minimum atomic E-state index is -0.732. The predicted octanol–water partition coefficient (Wildman–Crippen LogP) is 2.33. The van der Waals surface area contributed by atoms with Gasteiger partial charge in [0.15, 0.2) is 17.3 Å². The van der Waals surface area contributed by atoms with Crippen molar-refractivity contribution >= 4 is 23.1 Å². The number of nitrogens with zero attached hydrogens (tertiary/aromatic N) is 2. The first kappa shape index (κ1) is 13.3. The molecule has 0 bridgehead atoms. The van der Waals surface area contributed by atoms with Gasteiger partial charge >= 0.3 is 5.97 Å². The zero-order chi connectivity index (χ0) is 14.0. The summed E-state index contributed by atoms with van der Waals surface area (Å²) in [5.41, 5.74) is -0.106. The number of methoxy groups -OCH3 is 1. The van der Waals surface area contributed by atoms with E-state index in [4.69, 9.17) is 0 Å². The minimum Gasteiger partial charge on any atom is -0.464 e. The van der Waals surface area contributed by atoms with Crippen LogP contribution >= 0.6 is 11.3 Å². The Hall–Kier alpha value is -2.15. The van der Waals surface area contributed by atoms with E-state index in [-0.39, 0.29) is 27.1 Å². The molecule has 0 atom stereocenters. The summed E-state index contributed by atoms with van der Waals surface area (Å²) in [7, 11) is 1.19. The molecule has 0 amide bonds. The highest BCUT2D eigenvalue weighted by molar-refractivity contribution is 7.17. The normalized spacial score (nSPS) is 10.3. The molecular formula is C12H9FN2O3S. The van der Waals surface area contributed by atoms with Crippen LogP contribution in [0.25, 0.3) is 10.7 Å². The van der Waals surface area contributed by atoms with Crippen LogP contribution in [-0.2, 0) is 4.74 Å². The molecule has 5 nitrogen and oxygen atoms in total. The second-order valence-electron chi connectivity index (χ2n) is 3.58. The Kier molecular flexibility index (Phi) is 3.66. The highest BCUT2D eigenvalue weighted by Crippen LogP contribution is 2.29. The lowest BCUT2D eigenvalue weighted by Crippen LogP contribution is -2.07. The molecule has 0 aliphatic rings. The first-order valence-corrected chi connectivity index (χ1v) is 6.07. The fraction of sp³-hybridized carbons (Fsp3) is 0.167. The van der Waals surface area contributed by atoms with E-state index >= 15 is 0 Å². The molecule has 0 fully saturated rings. The number of carbonyl (C=O) groups excluding carboxylic acids is 2. The van der Waals surface area contributed by atoms with Gasteiger partial charge in [0.2, 0.25) is 0 Å². The first-order valence-electron chi connectivity index (χ1n) is 5.25. The molecule has 0 saturated heterocycles. The van der Waals surface area contributed by atoms with Gasteiger partial charge in [-0.2, -0.15) is 0 Å². The monoisotopic (exact) mass is 280 g/mol. The Morgan fingerprint density at radius 3 is 2.74 bits per heavy atom. The Balaban J connectivity index is 2.58. The summed E-state index contributed by atoms with van der Waals surface area (Å²) < 4.78 is 18.1. The fourth-order valence-electron chi connectivity index (χ4n) is 1.44. The van der Waals surface area contributed by atoms with Gasteiger partial charge in [-0.25, -0.2) is 14.2 Å². The molecule has 2 aromatic rings. The molecule has 19 heavy (non-hydrogen) atoms. The number of halogens is 1. The maximum atomic E-state index is 13.6. The third kappa shape index (κ3) is 2.50. The van der Waals surface area contributed by atoms with Gasteiger partial charge in [-0.1, -0.05) is 0 Å². The number of Topliss-reactive ketones (excluding diaryl/α,β-unsaturated/α-hetero) is 1. The summed E-state index contributed by atoms with van der Waals surface area (Å²) in [5.74, 6) is -1.63. The third-order valence-electron chi connectivity index (χ3n) is 2.29. The largest absolute Gasteiger partial charge is 0.464 e. The van der Waals surface area contributed by atoms with Crippen molar-refractivity contribution in [3.8, 4) is 10.7 Å². The number of hydrogen-bond donors (Lipinski definition) is 0. The van der Waals surface area contributed by atoms with Crippen LogP contribution in [-0.4, -0.2) is 28.8 Å². The van der Waals surface area contributed by atoms with E-state index in [1.807, 2.05) is 0 Å². The van der Waals surface area contributed by atoms with Crippen LogP contribution in [0.4, 0.5) is 4.39 Å². The number of aromatic nitrogens is 2. The summed E-state index contributed by atoms with van der Waals surface area (Å²) in [6.07, 6.45) is 1.41. The Bertz CT molecular complexity index is 654. The van der Waals surface area contributed by atoms with Crippen LogP contribution < -0.4 is 0 Å². The molecule has 0 unspecified atom stereocenters. The topological polar surface area (TPSA) is 69.2 Å². The molecule has 2 heterocycles. The molecule has 98 valence electrons. The Labute approximate surface area is 112 Å². The summed E-state index contributed by atoms with van der Waals surface area (Å²) in [5, 5.41) is 0.170. The van der Waals surface area contributed by atoms with Crippen molar-refractivity contribution in [2.24, 2.45) is 0 Å². The SMILES string of the molecule is COC(=O)c1nc(-c2ncccc2F)sc1C(C)=O. The predicted molar refractivity (Wildman–Crippen MR) is 66.6 cm³/mol. The molecule has 7 heteroatoms. The molecule has 0 aliphatic carbocycles. The average Bonchev–Trinajstić information content (AvgIpc) is 2.83. The number of ketones is 1. The average molecular weight is 280 g/mol. The van der Waals surface area contributed by atoms with Gasteiger partial charge in [0.1, 0.15) is 15.6 Å². The van der Waals surface area contributed by atoms with E-state index in [0.717, 1.165) is 11.3 Å². The maximum absolute atomic E-state index is 13.6. The van der Waals surface area contributed by atoms with Gasteiger partial charge in [0.25, 0.3) is 0 Å². The van der Waals surface area contributed by atoms with Crippen molar-refractivity contribution in [2.75, 3.05) is 7.11 Å². The van der Waals surface area contributed by atoms with Crippen LogP contribution in [0.1, 0.15) is 27.1 Å². The van der Waals surface area contributed by atoms with Gasteiger partial charge in [-0.3, -0.25) is 9.78 Å². The third-order valence-corrected chi connectivity index (χ3v) is 3.45. The van der Waals surface area contributed by atoms with E-state index in [1.54, 1.807) is 0 Å². The zero-order valence-electron chi connectivity index (χ0n) is 10.1. The smallest absolute Gasteiger partial charge is 0.358 e. The molecule has 2 aromatic heterocycles. The molecular weight excluding hydrogens is 271 g/mol. The molecule has 0 aliphatic heterocycles. The van der Waals surface area contributed by atoms with Crippen LogP contribution in [0.3, 0.4) is 0 Å². The first-order chi connectivity index (χ1) is 9.04. The van der Waals surface area contributed by atoms with Crippen molar-refractivity contribution in [3.05, 3.63) is 34.7 Å². The molecule has 0 N–H and O–H groups in total. The summed E-state index contributed by atoms with van der Waals surface area (Å²) >= 11 is 0.915. The molecule has 0 saturated carbocycles. The molecule has 0 aromatic carbocycles. The van der Waals surface area contributed by atoms with Crippen LogP contribution in [0.5, 0.6) is 0 Å². The number of esters is 1. The van der Waals surface area contributed by atoms with E-state index in [2.05, 4.69) is 14.7 Å². The van der Waals surface area contributed by atoms with Crippen molar-refractivity contribution < 1.29 is 18.7 Å². The minimum absolute atomic E-state index is 0.00477. The summed E-state index contributed by atoms with van der Waals surface area (Å²) in [4.78, 5) is 30.9. The van der Waals surface area contributed by atoms with Crippen LogP contribution in [0.15, 0.2) is 18.3 Å². The van der Waals surface area contributed by atoms with E-state index in [0.29, 0.717) is 0 Å². The second kappa shape index (κ2) is 5.23. The van der Waals surface area contributed by atoms with E-state index in [1.165, 1.54) is 32.4 Å². The fourth-order valence-corrected chi connectivity index (χ4v) is 2.38. The van der Waals surface area contributed by atoms with Gasteiger partial charge in [-0.05, 0) is 12.1 Å². The molecule has 0 radical (unpaired) electrons. The number of pyridine rings is 1. The highest BCUT2D eigenvalue weighted by atomic mass is 32.1. The van der Waals surface area contributed by atoms with Crippen LogP contribution in [0, 0.1) is 5.82 Å². The Morgan fingerprint density at radius 1 is 1.42 bits per heavy atom. The number of thiazole rings is 1. The van der Waals surface area contributed by atoms with E-state index < -0.39 is 11.8 Å². The lowest BCUT2D eigenvalue weighted by Gasteiger charge is -1.96. The molecule has 2 rings (SSSR count). The van der Waals surface area contributed by atoms with Crippen molar-refractivity contribution in [1.29, 1.82) is 0 Å².